The van der Waals surface area contributed by atoms with Crippen molar-refractivity contribution in [3.63, 3.8) is 0 Å². The normalized spacial score (nSPS) is 31.1. The van der Waals surface area contributed by atoms with Crippen LogP contribution in [0.5, 0.6) is 0 Å². The topological polar surface area (TPSA) is 54.0 Å². The lowest BCUT2D eigenvalue weighted by atomic mass is 9.69. The van der Waals surface area contributed by atoms with Crippen molar-refractivity contribution in [2.45, 2.75) is 135 Å². The molecule has 0 saturated heterocycles. The maximum Gasteiger partial charge on any atom is 0.306 e. The van der Waals surface area contributed by atoms with Crippen LogP contribution in [0.1, 0.15) is 122 Å². The summed E-state index contributed by atoms with van der Waals surface area (Å²) in [5, 5.41) is 0. The molecular formula is C31H54O5. The molecule has 3 aliphatic rings. The van der Waals surface area contributed by atoms with Crippen LogP contribution in [0.15, 0.2) is 12.7 Å². The Balaban J connectivity index is 1.17. The number of ether oxygens (including phenoxy) is 2. The highest BCUT2D eigenvalue weighted by Gasteiger charge is 2.31. The summed E-state index contributed by atoms with van der Waals surface area (Å²) in [4.78, 5) is 23.2. The van der Waals surface area contributed by atoms with E-state index in [4.69, 9.17) is 19.2 Å². The highest BCUT2D eigenvalue weighted by molar-refractivity contribution is 5.69. The zero-order valence-electron chi connectivity index (χ0n) is 23.1. The third-order valence-corrected chi connectivity index (χ3v) is 8.97. The number of esters is 1. The van der Waals surface area contributed by atoms with Crippen LogP contribution in [-0.2, 0) is 24.0 Å². The standard InChI is InChI=1S/C31H54O5/c1-3-5-7-8-31(32)35-29-17-19-30(20-18-29)36-34-23-21-25-9-13-27(14-10-25)28-15-11-26(12-16-28)24-33-22-6-4-2/h3,25-30H,1,4-24H2,2H3. The third kappa shape index (κ3) is 11.2. The monoisotopic (exact) mass is 506 g/mol. The Labute approximate surface area is 221 Å². The smallest absolute Gasteiger partial charge is 0.306 e. The SMILES string of the molecule is C=CCCCC(=O)OC1CCC(OOCCC2CCC(C3CCC(COCCCC)CC3)CC2)CC1. The second kappa shape index (κ2) is 17.6. The van der Waals surface area contributed by atoms with Crippen molar-refractivity contribution in [2.75, 3.05) is 19.8 Å². The molecule has 0 unspecified atom stereocenters. The van der Waals surface area contributed by atoms with Crippen molar-refractivity contribution in [1.29, 1.82) is 0 Å². The van der Waals surface area contributed by atoms with Gasteiger partial charge in [0.2, 0.25) is 0 Å². The fourth-order valence-corrected chi connectivity index (χ4v) is 6.51. The van der Waals surface area contributed by atoms with Crippen LogP contribution in [-0.4, -0.2) is 38.0 Å². The summed E-state index contributed by atoms with van der Waals surface area (Å²) in [6.45, 7) is 8.57. The number of carbonyl (C=O) groups is 1. The molecule has 5 heteroatoms. The molecule has 0 heterocycles. The Morgan fingerprint density at radius 3 is 2.08 bits per heavy atom. The molecule has 0 aromatic heterocycles. The predicted octanol–water partition coefficient (Wildman–Crippen LogP) is 7.96. The van der Waals surface area contributed by atoms with E-state index in [1.807, 2.05) is 6.08 Å². The van der Waals surface area contributed by atoms with Crippen molar-refractivity contribution in [3.8, 4) is 0 Å². The number of rotatable bonds is 16. The summed E-state index contributed by atoms with van der Waals surface area (Å²) in [6.07, 6.45) is 22.5. The van der Waals surface area contributed by atoms with Gasteiger partial charge in [0, 0.05) is 19.6 Å². The summed E-state index contributed by atoms with van der Waals surface area (Å²) in [6, 6.07) is 0. The van der Waals surface area contributed by atoms with E-state index >= 15 is 0 Å². The molecule has 0 radical (unpaired) electrons. The quantitative estimate of drug-likeness (QED) is 0.0698. The van der Waals surface area contributed by atoms with Gasteiger partial charge in [-0.2, -0.15) is 0 Å². The van der Waals surface area contributed by atoms with Crippen molar-refractivity contribution >= 4 is 5.97 Å². The van der Waals surface area contributed by atoms with E-state index in [1.165, 1.54) is 64.2 Å². The lowest BCUT2D eigenvalue weighted by molar-refractivity contribution is -0.331. The predicted molar refractivity (Wildman–Crippen MR) is 144 cm³/mol. The van der Waals surface area contributed by atoms with Crippen LogP contribution in [0.2, 0.25) is 0 Å². The first-order valence-corrected chi connectivity index (χ1v) is 15.3. The second-order valence-corrected chi connectivity index (χ2v) is 11.8. The van der Waals surface area contributed by atoms with Crippen LogP contribution >= 0.6 is 0 Å². The van der Waals surface area contributed by atoms with Gasteiger partial charge in [0.15, 0.2) is 0 Å². The first-order chi connectivity index (χ1) is 17.7. The molecule has 0 aromatic carbocycles. The van der Waals surface area contributed by atoms with Gasteiger partial charge in [-0.3, -0.25) is 4.79 Å². The molecule has 0 amide bonds. The minimum Gasteiger partial charge on any atom is -0.462 e. The Hall–Kier alpha value is -0.910. The van der Waals surface area contributed by atoms with Crippen molar-refractivity contribution in [1.82, 2.24) is 0 Å². The van der Waals surface area contributed by atoms with Crippen LogP contribution in [0.4, 0.5) is 0 Å². The molecule has 0 aliphatic heterocycles. The molecular weight excluding hydrogens is 452 g/mol. The molecule has 0 N–H and O–H groups in total. The van der Waals surface area contributed by atoms with E-state index in [1.54, 1.807) is 0 Å². The van der Waals surface area contributed by atoms with Gasteiger partial charge < -0.3 is 9.47 Å². The van der Waals surface area contributed by atoms with Gasteiger partial charge in [-0.15, -0.1) is 6.58 Å². The largest absolute Gasteiger partial charge is 0.462 e. The van der Waals surface area contributed by atoms with E-state index in [0.29, 0.717) is 13.0 Å². The first kappa shape index (κ1) is 29.6. The van der Waals surface area contributed by atoms with Gasteiger partial charge in [0.1, 0.15) is 6.10 Å². The lowest BCUT2D eigenvalue weighted by Crippen LogP contribution is -2.29. The minimum atomic E-state index is -0.0766. The van der Waals surface area contributed by atoms with E-state index in [9.17, 15) is 4.79 Å². The summed E-state index contributed by atoms with van der Waals surface area (Å²) >= 11 is 0. The molecule has 0 aromatic rings. The maximum atomic E-state index is 11.9. The summed E-state index contributed by atoms with van der Waals surface area (Å²) in [7, 11) is 0. The fraction of sp³-hybridized carbons (Fsp3) is 0.903. The fourth-order valence-electron chi connectivity index (χ4n) is 6.51. The second-order valence-electron chi connectivity index (χ2n) is 11.8. The number of allylic oxidation sites excluding steroid dienone is 1. The maximum absolute atomic E-state index is 11.9. The Bertz CT molecular complexity index is 584. The van der Waals surface area contributed by atoms with E-state index in [0.717, 1.165) is 81.8 Å². The molecule has 3 fully saturated rings. The molecule has 5 nitrogen and oxygen atoms in total. The third-order valence-electron chi connectivity index (χ3n) is 8.97. The van der Waals surface area contributed by atoms with Gasteiger partial charge in [0.25, 0.3) is 0 Å². The summed E-state index contributed by atoms with van der Waals surface area (Å²) < 4.78 is 11.5. The highest BCUT2D eigenvalue weighted by Crippen LogP contribution is 2.42. The molecule has 36 heavy (non-hydrogen) atoms. The Morgan fingerprint density at radius 1 is 0.806 bits per heavy atom. The van der Waals surface area contributed by atoms with Gasteiger partial charge in [-0.25, -0.2) is 9.78 Å². The molecule has 3 aliphatic carbocycles. The van der Waals surface area contributed by atoms with Crippen LogP contribution in [0.25, 0.3) is 0 Å². The van der Waals surface area contributed by atoms with Gasteiger partial charge >= 0.3 is 5.97 Å². The average molecular weight is 507 g/mol. The molecule has 208 valence electrons. The summed E-state index contributed by atoms with van der Waals surface area (Å²) in [5.41, 5.74) is 0. The number of hydrogen-bond donors (Lipinski definition) is 0. The molecule has 3 rings (SSSR count). The zero-order chi connectivity index (χ0) is 25.4. The zero-order valence-corrected chi connectivity index (χ0v) is 23.1. The number of carbonyl (C=O) groups excluding carboxylic acids is 1. The van der Waals surface area contributed by atoms with E-state index in [2.05, 4.69) is 13.5 Å². The average Bonchev–Trinajstić information content (AvgIpc) is 2.91. The first-order valence-electron chi connectivity index (χ1n) is 15.3. The molecule has 0 bridgehead atoms. The Kier molecular flexibility index (Phi) is 14.5. The van der Waals surface area contributed by atoms with Crippen molar-refractivity contribution < 1.29 is 24.0 Å². The van der Waals surface area contributed by atoms with Gasteiger partial charge in [-0.05, 0) is 114 Å². The van der Waals surface area contributed by atoms with Crippen LogP contribution in [0.3, 0.4) is 0 Å². The van der Waals surface area contributed by atoms with Crippen molar-refractivity contribution in [2.24, 2.45) is 23.7 Å². The summed E-state index contributed by atoms with van der Waals surface area (Å²) in [5.74, 6) is 3.44. The number of hydrogen-bond acceptors (Lipinski definition) is 5. The molecule has 3 saturated carbocycles. The highest BCUT2D eigenvalue weighted by atomic mass is 17.2. The van der Waals surface area contributed by atoms with E-state index < -0.39 is 0 Å². The van der Waals surface area contributed by atoms with E-state index in [-0.39, 0.29) is 18.2 Å². The molecule has 0 spiro atoms. The van der Waals surface area contributed by atoms with Crippen molar-refractivity contribution in [3.05, 3.63) is 12.7 Å². The van der Waals surface area contributed by atoms with Gasteiger partial charge in [-0.1, -0.05) is 32.3 Å². The Morgan fingerprint density at radius 2 is 1.44 bits per heavy atom. The van der Waals surface area contributed by atoms with Gasteiger partial charge in [0.05, 0.1) is 12.7 Å². The van der Waals surface area contributed by atoms with Crippen LogP contribution < -0.4 is 0 Å². The molecule has 0 atom stereocenters. The van der Waals surface area contributed by atoms with Crippen LogP contribution in [0, 0.1) is 23.7 Å². The lowest BCUT2D eigenvalue weighted by Gasteiger charge is -2.37. The minimum absolute atomic E-state index is 0.0467. The number of unbranched alkanes of at least 4 members (excludes halogenated alkanes) is 2.